The maximum Gasteiger partial charge on any atom is 0.220 e. The first-order valence-electron chi connectivity index (χ1n) is 17.7. The molecule has 0 aromatic heterocycles. The van der Waals surface area contributed by atoms with E-state index in [1.54, 1.807) is 6.08 Å². The summed E-state index contributed by atoms with van der Waals surface area (Å²) in [4.78, 5) is 12.2. The van der Waals surface area contributed by atoms with Crippen LogP contribution in [-0.4, -0.2) is 34.9 Å². The number of hydrogen-bond donors (Lipinski definition) is 3. The molecule has 0 radical (unpaired) electrons. The van der Waals surface area contributed by atoms with Crippen LogP contribution in [0.25, 0.3) is 0 Å². The molecular weight excluding hydrogens is 506 g/mol. The van der Waals surface area contributed by atoms with Crippen molar-refractivity contribution in [2.45, 2.75) is 187 Å². The van der Waals surface area contributed by atoms with Gasteiger partial charge < -0.3 is 15.5 Å². The molecule has 240 valence electrons. The molecule has 0 aliphatic rings. The van der Waals surface area contributed by atoms with Gasteiger partial charge in [-0.1, -0.05) is 153 Å². The fourth-order valence-corrected chi connectivity index (χ4v) is 5.08. The summed E-state index contributed by atoms with van der Waals surface area (Å²) in [7, 11) is 0. The third-order valence-corrected chi connectivity index (χ3v) is 7.83. The van der Waals surface area contributed by atoms with Crippen LogP contribution < -0.4 is 5.32 Å². The van der Waals surface area contributed by atoms with E-state index in [1.165, 1.54) is 109 Å². The van der Waals surface area contributed by atoms with Gasteiger partial charge in [-0.25, -0.2) is 0 Å². The van der Waals surface area contributed by atoms with Crippen LogP contribution >= 0.6 is 0 Å². The Morgan fingerprint density at radius 2 is 1.00 bits per heavy atom. The van der Waals surface area contributed by atoms with Gasteiger partial charge in [0.15, 0.2) is 0 Å². The highest BCUT2D eigenvalue weighted by atomic mass is 16.3. The molecule has 2 unspecified atom stereocenters. The van der Waals surface area contributed by atoms with E-state index in [9.17, 15) is 15.0 Å². The molecule has 0 aliphatic carbocycles. The normalized spacial score (nSPS) is 13.6. The first-order valence-corrected chi connectivity index (χ1v) is 17.7. The van der Waals surface area contributed by atoms with Crippen LogP contribution in [0.4, 0.5) is 0 Å². The minimum absolute atomic E-state index is 0.0879. The second-order valence-electron chi connectivity index (χ2n) is 11.9. The van der Waals surface area contributed by atoms with Gasteiger partial charge in [0.1, 0.15) is 0 Å². The van der Waals surface area contributed by atoms with Gasteiger partial charge >= 0.3 is 0 Å². The lowest BCUT2D eigenvalue weighted by atomic mass is 10.0. The standard InChI is InChI=1S/C37H69NO3/c1-3-5-7-9-11-13-15-16-17-18-19-20-21-22-23-24-26-28-30-32-36(40)35(34-39)38-37(41)33-31-29-27-25-14-12-10-8-6-4-2/h8,10,23-24,30,32,35-36,39-40H,3-7,9,11-22,25-29,31,33-34H2,1-2H3,(H,38,41)/b10-8-,24-23+,32-30+. The van der Waals surface area contributed by atoms with Crippen molar-refractivity contribution >= 4 is 5.91 Å². The van der Waals surface area contributed by atoms with Crippen LogP contribution in [0, 0.1) is 0 Å². The van der Waals surface area contributed by atoms with Crippen LogP contribution in [0.5, 0.6) is 0 Å². The summed E-state index contributed by atoms with van der Waals surface area (Å²) in [6.45, 7) is 4.21. The molecule has 0 heterocycles. The minimum atomic E-state index is -0.862. The van der Waals surface area contributed by atoms with E-state index >= 15 is 0 Å². The lowest BCUT2D eigenvalue weighted by Gasteiger charge is -2.19. The maximum atomic E-state index is 12.2. The lowest BCUT2D eigenvalue weighted by Crippen LogP contribution is -2.45. The van der Waals surface area contributed by atoms with Gasteiger partial charge in [0.05, 0.1) is 18.8 Å². The van der Waals surface area contributed by atoms with Gasteiger partial charge in [-0.15, -0.1) is 0 Å². The monoisotopic (exact) mass is 576 g/mol. The van der Waals surface area contributed by atoms with Crippen LogP contribution in [0.2, 0.25) is 0 Å². The van der Waals surface area contributed by atoms with Gasteiger partial charge in [0, 0.05) is 6.42 Å². The SMILES string of the molecule is CCC/C=C\CCCCCCCC(=O)NC(CO)C(O)/C=C/CC/C=C/CCCCCCCCCCCCCCC. The van der Waals surface area contributed by atoms with E-state index in [4.69, 9.17) is 0 Å². The minimum Gasteiger partial charge on any atom is -0.394 e. The Balaban J connectivity index is 3.67. The number of carbonyl (C=O) groups excluding carboxylic acids is 1. The van der Waals surface area contributed by atoms with E-state index in [2.05, 4.69) is 43.5 Å². The predicted octanol–water partition coefficient (Wildman–Crippen LogP) is 10.3. The molecule has 0 bridgehead atoms. The lowest BCUT2D eigenvalue weighted by molar-refractivity contribution is -0.123. The van der Waals surface area contributed by atoms with Gasteiger partial charge in [0.25, 0.3) is 0 Å². The molecule has 0 aromatic rings. The van der Waals surface area contributed by atoms with Crippen LogP contribution in [0.15, 0.2) is 36.5 Å². The fraction of sp³-hybridized carbons (Fsp3) is 0.811. The molecule has 2 atom stereocenters. The second kappa shape index (κ2) is 33.1. The average molecular weight is 576 g/mol. The zero-order valence-electron chi connectivity index (χ0n) is 27.3. The zero-order valence-corrected chi connectivity index (χ0v) is 27.3. The van der Waals surface area contributed by atoms with Crippen molar-refractivity contribution < 1.29 is 15.0 Å². The molecule has 1 amide bonds. The largest absolute Gasteiger partial charge is 0.394 e. The first kappa shape index (κ1) is 39.6. The highest BCUT2D eigenvalue weighted by Gasteiger charge is 2.17. The summed E-state index contributed by atoms with van der Waals surface area (Å²) in [5.74, 6) is -0.0879. The van der Waals surface area contributed by atoms with Crippen molar-refractivity contribution in [1.82, 2.24) is 5.32 Å². The molecule has 0 saturated heterocycles. The summed E-state index contributed by atoms with van der Waals surface area (Å²) in [6, 6.07) is -0.639. The molecule has 4 nitrogen and oxygen atoms in total. The van der Waals surface area contributed by atoms with Gasteiger partial charge in [0.2, 0.25) is 5.91 Å². The molecule has 0 fully saturated rings. The van der Waals surface area contributed by atoms with Crippen molar-refractivity contribution in [1.29, 1.82) is 0 Å². The Labute approximate surface area is 255 Å². The average Bonchev–Trinajstić information content (AvgIpc) is 2.97. The number of allylic oxidation sites excluding steroid dienone is 5. The molecule has 41 heavy (non-hydrogen) atoms. The van der Waals surface area contributed by atoms with Gasteiger partial charge in [-0.3, -0.25) is 4.79 Å². The van der Waals surface area contributed by atoms with Crippen molar-refractivity contribution in [2.75, 3.05) is 6.61 Å². The van der Waals surface area contributed by atoms with Crippen molar-refractivity contribution in [3.63, 3.8) is 0 Å². The number of hydrogen-bond acceptors (Lipinski definition) is 3. The molecule has 0 rings (SSSR count). The molecule has 0 aromatic carbocycles. The van der Waals surface area contributed by atoms with E-state index in [0.29, 0.717) is 6.42 Å². The Morgan fingerprint density at radius 3 is 1.51 bits per heavy atom. The molecule has 4 heteroatoms. The molecule has 0 saturated carbocycles. The second-order valence-corrected chi connectivity index (χ2v) is 11.9. The van der Waals surface area contributed by atoms with Crippen LogP contribution in [0.3, 0.4) is 0 Å². The van der Waals surface area contributed by atoms with E-state index in [-0.39, 0.29) is 12.5 Å². The highest BCUT2D eigenvalue weighted by molar-refractivity contribution is 5.76. The summed E-state index contributed by atoms with van der Waals surface area (Å²) in [5, 5.41) is 22.8. The zero-order chi connectivity index (χ0) is 30.1. The number of aliphatic hydroxyl groups excluding tert-OH is 2. The molecule has 3 N–H and O–H groups in total. The van der Waals surface area contributed by atoms with E-state index in [1.807, 2.05) is 6.08 Å². The summed E-state index contributed by atoms with van der Waals surface area (Å²) in [6.07, 6.45) is 42.3. The fourth-order valence-electron chi connectivity index (χ4n) is 5.08. The smallest absolute Gasteiger partial charge is 0.220 e. The predicted molar refractivity (Wildman–Crippen MR) is 179 cm³/mol. The number of nitrogens with one attached hydrogen (secondary N) is 1. The number of carbonyl (C=O) groups is 1. The topological polar surface area (TPSA) is 69.6 Å². The number of rotatable bonds is 31. The molecule has 0 aliphatic heterocycles. The summed E-state index contributed by atoms with van der Waals surface area (Å²) >= 11 is 0. The van der Waals surface area contributed by atoms with Crippen molar-refractivity contribution in [3.05, 3.63) is 36.5 Å². The van der Waals surface area contributed by atoms with Crippen molar-refractivity contribution in [2.24, 2.45) is 0 Å². The Morgan fingerprint density at radius 1 is 0.561 bits per heavy atom. The Kier molecular flexibility index (Phi) is 32.0. The first-order chi connectivity index (χ1) is 20.2. The van der Waals surface area contributed by atoms with Gasteiger partial charge in [-0.2, -0.15) is 0 Å². The molecular formula is C37H69NO3. The quantitative estimate of drug-likeness (QED) is 0.0569. The van der Waals surface area contributed by atoms with E-state index < -0.39 is 12.1 Å². The number of aliphatic hydroxyl groups is 2. The third-order valence-electron chi connectivity index (χ3n) is 7.83. The maximum absolute atomic E-state index is 12.2. The summed E-state index contributed by atoms with van der Waals surface area (Å²) < 4.78 is 0. The number of amides is 1. The Hall–Kier alpha value is -1.39. The number of unbranched alkanes of at least 4 members (excludes halogenated alkanes) is 20. The summed E-state index contributed by atoms with van der Waals surface area (Å²) in [5.41, 5.74) is 0. The highest BCUT2D eigenvalue weighted by Crippen LogP contribution is 2.13. The molecule has 0 spiro atoms. The van der Waals surface area contributed by atoms with Crippen LogP contribution in [0.1, 0.15) is 174 Å². The van der Waals surface area contributed by atoms with Gasteiger partial charge in [-0.05, 0) is 51.4 Å². The van der Waals surface area contributed by atoms with E-state index in [0.717, 1.165) is 44.9 Å². The van der Waals surface area contributed by atoms with Crippen molar-refractivity contribution in [3.8, 4) is 0 Å². The van der Waals surface area contributed by atoms with Crippen LogP contribution in [-0.2, 0) is 4.79 Å². The third kappa shape index (κ3) is 29.9. The Bertz CT molecular complexity index is 628.